The molecule has 0 spiro atoms. The molecule has 0 unspecified atom stereocenters. The minimum absolute atomic E-state index is 0.240. The van der Waals surface area contributed by atoms with Crippen molar-refractivity contribution in [2.24, 2.45) is 0 Å². The summed E-state index contributed by atoms with van der Waals surface area (Å²) in [6.07, 6.45) is 3.14. The fourth-order valence-electron chi connectivity index (χ4n) is 2.33. The zero-order valence-corrected chi connectivity index (χ0v) is 14.5. The van der Waals surface area contributed by atoms with Crippen LogP contribution in [0.25, 0.3) is 5.82 Å². The second-order valence-electron chi connectivity index (χ2n) is 5.21. The molecule has 0 bridgehead atoms. The van der Waals surface area contributed by atoms with E-state index in [-0.39, 0.29) is 6.61 Å². The van der Waals surface area contributed by atoms with E-state index in [1.165, 1.54) is 10.9 Å². The summed E-state index contributed by atoms with van der Waals surface area (Å²) in [5.41, 5.74) is 1.62. The second kappa shape index (κ2) is 8.06. The highest BCUT2D eigenvalue weighted by Gasteiger charge is 2.22. The number of carbonyl (C=O) groups is 3. The van der Waals surface area contributed by atoms with Crippen molar-refractivity contribution in [2.75, 3.05) is 11.9 Å². The van der Waals surface area contributed by atoms with Crippen LogP contribution in [0.1, 0.15) is 28.7 Å². The molecule has 9 heteroatoms. The Morgan fingerprint density at radius 3 is 2.69 bits per heavy atom. The Kier molecular flexibility index (Phi) is 5.84. The van der Waals surface area contributed by atoms with Gasteiger partial charge in [-0.1, -0.05) is 0 Å². The van der Waals surface area contributed by atoms with Crippen molar-refractivity contribution in [1.82, 2.24) is 14.8 Å². The number of aromatic nitrogens is 3. The van der Waals surface area contributed by atoms with Crippen LogP contribution in [0.15, 0.2) is 30.5 Å². The Labute approximate surface area is 149 Å². The summed E-state index contributed by atoms with van der Waals surface area (Å²) >= 11 is 0. The van der Waals surface area contributed by atoms with Gasteiger partial charge in [-0.2, -0.15) is 5.10 Å². The van der Waals surface area contributed by atoms with Crippen molar-refractivity contribution >= 4 is 23.5 Å². The number of hydrogen-bond donors (Lipinski definition) is 2. The Morgan fingerprint density at radius 1 is 1.31 bits per heavy atom. The smallest absolute Gasteiger partial charge is 0.341 e. The Morgan fingerprint density at radius 2 is 2.04 bits per heavy atom. The lowest BCUT2D eigenvalue weighted by molar-refractivity contribution is -0.131. The molecule has 0 saturated carbocycles. The van der Waals surface area contributed by atoms with Gasteiger partial charge in [-0.25, -0.2) is 19.3 Å². The van der Waals surface area contributed by atoms with Crippen LogP contribution in [-0.2, 0) is 14.3 Å². The number of carboxylic acids is 1. The van der Waals surface area contributed by atoms with Gasteiger partial charge in [-0.05, 0) is 32.9 Å². The summed E-state index contributed by atoms with van der Waals surface area (Å²) in [4.78, 5) is 38.7. The molecule has 0 aliphatic carbocycles. The molecule has 0 aromatic carbocycles. The first kappa shape index (κ1) is 18.8. The number of carbonyl (C=O) groups excluding carboxylic acids is 2. The van der Waals surface area contributed by atoms with E-state index >= 15 is 0 Å². The number of amides is 1. The van der Waals surface area contributed by atoms with Crippen molar-refractivity contribution < 1.29 is 24.2 Å². The molecule has 1 amide bonds. The number of aliphatic carboxylic acids is 1. The first-order chi connectivity index (χ1) is 12.3. The minimum atomic E-state index is -1.23. The number of aryl methyl sites for hydroxylation is 1. The maximum absolute atomic E-state index is 12.1. The van der Waals surface area contributed by atoms with Gasteiger partial charge < -0.3 is 15.2 Å². The topological polar surface area (TPSA) is 123 Å². The Balaban J connectivity index is 2.42. The zero-order chi connectivity index (χ0) is 19.3. The molecular weight excluding hydrogens is 340 g/mol. The number of hydrogen-bond acceptors (Lipinski definition) is 6. The lowest BCUT2D eigenvalue weighted by atomic mass is 10.2. The van der Waals surface area contributed by atoms with Gasteiger partial charge in [0, 0.05) is 18.3 Å². The molecule has 0 atom stereocenters. The molecule has 9 nitrogen and oxygen atoms in total. The van der Waals surface area contributed by atoms with Crippen LogP contribution >= 0.6 is 0 Å². The molecule has 0 aliphatic heterocycles. The van der Waals surface area contributed by atoms with Gasteiger partial charge in [0.25, 0.3) is 0 Å². The molecule has 2 aromatic heterocycles. The highest BCUT2D eigenvalue weighted by molar-refractivity contribution is 6.03. The van der Waals surface area contributed by atoms with Crippen LogP contribution in [0.4, 0.5) is 5.69 Å². The van der Waals surface area contributed by atoms with Crippen LogP contribution in [0.2, 0.25) is 0 Å². The summed E-state index contributed by atoms with van der Waals surface area (Å²) < 4.78 is 6.47. The third-order valence-corrected chi connectivity index (χ3v) is 3.39. The van der Waals surface area contributed by atoms with E-state index in [1.54, 1.807) is 32.9 Å². The van der Waals surface area contributed by atoms with Crippen LogP contribution in [0, 0.1) is 13.8 Å². The Bertz CT molecular complexity index is 885. The molecule has 136 valence electrons. The average Bonchev–Trinajstić information content (AvgIpc) is 2.88. The van der Waals surface area contributed by atoms with Gasteiger partial charge in [0.1, 0.15) is 5.56 Å². The predicted octanol–water partition coefficient (Wildman–Crippen LogP) is 1.64. The molecule has 0 aliphatic rings. The fourth-order valence-corrected chi connectivity index (χ4v) is 2.33. The van der Waals surface area contributed by atoms with E-state index < -0.39 is 17.8 Å². The third-order valence-electron chi connectivity index (χ3n) is 3.39. The number of anilines is 1. The van der Waals surface area contributed by atoms with Crippen LogP contribution in [0.3, 0.4) is 0 Å². The van der Waals surface area contributed by atoms with Crippen molar-refractivity contribution in [3.05, 3.63) is 47.4 Å². The molecule has 0 fully saturated rings. The largest absolute Gasteiger partial charge is 0.478 e. The SMILES string of the molecule is CCOC(=O)c1c(C)nn(-c2ncccc2NC(=O)C=CC(=O)O)c1C. The van der Waals surface area contributed by atoms with Gasteiger partial charge in [0.05, 0.1) is 23.7 Å². The molecule has 2 rings (SSSR count). The molecule has 2 N–H and O–H groups in total. The molecule has 26 heavy (non-hydrogen) atoms. The Hall–Kier alpha value is -3.49. The first-order valence-corrected chi connectivity index (χ1v) is 7.75. The molecule has 2 heterocycles. The second-order valence-corrected chi connectivity index (χ2v) is 5.21. The van der Waals surface area contributed by atoms with E-state index in [0.29, 0.717) is 28.5 Å². The molecule has 0 saturated heterocycles. The van der Waals surface area contributed by atoms with Gasteiger partial charge in [0.2, 0.25) is 5.91 Å². The van der Waals surface area contributed by atoms with Gasteiger partial charge in [-0.15, -0.1) is 0 Å². The number of nitrogens with one attached hydrogen (secondary N) is 1. The normalized spacial score (nSPS) is 10.7. The van der Waals surface area contributed by atoms with E-state index in [9.17, 15) is 14.4 Å². The third kappa shape index (κ3) is 4.12. The van der Waals surface area contributed by atoms with Gasteiger partial charge in [0.15, 0.2) is 5.82 Å². The zero-order valence-electron chi connectivity index (χ0n) is 14.5. The average molecular weight is 358 g/mol. The highest BCUT2D eigenvalue weighted by Crippen LogP contribution is 2.22. The number of esters is 1. The molecule has 0 radical (unpaired) electrons. The van der Waals surface area contributed by atoms with Crippen LogP contribution in [0.5, 0.6) is 0 Å². The lowest BCUT2D eigenvalue weighted by Gasteiger charge is -2.10. The standard InChI is InChI=1S/C17H18N4O5/c1-4-26-17(25)15-10(2)20-21(11(15)3)16-12(6-5-9-18-16)19-13(22)7-8-14(23)24/h5-9H,4H2,1-3H3,(H,19,22)(H,23,24). The van der Waals surface area contributed by atoms with Crippen molar-refractivity contribution in [1.29, 1.82) is 0 Å². The first-order valence-electron chi connectivity index (χ1n) is 7.75. The maximum Gasteiger partial charge on any atom is 0.341 e. The number of ether oxygens (including phenoxy) is 1. The number of pyridine rings is 1. The highest BCUT2D eigenvalue weighted by atomic mass is 16.5. The number of nitrogens with zero attached hydrogens (tertiary/aromatic N) is 3. The van der Waals surface area contributed by atoms with Gasteiger partial charge in [-0.3, -0.25) is 4.79 Å². The maximum atomic E-state index is 12.1. The van der Waals surface area contributed by atoms with E-state index in [4.69, 9.17) is 9.84 Å². The van der Waals surface area contributed by atoms with Crippen molar-refractivity contribution in [2.45, 2.75) is 20.8 Å². The summed E-state index contributed by atoms with van der Waals surface area (Å²) in [6.45, 7) is 5.32. The van der Waals surface area contributed by atoms with E-state index in [2.05, 4.69) is 15.4 Å². The quantitative estimate of drug-likeness (QED) is 0.594. The summed E-state index contributed by atoms with van der Waals surface area (Å²) in [5, 5.41) is 15.5. The summed E-state index contributed by atoms with van der Waals surface area (Å²) in [5.74, 6) is -2.06. The predicted molar refractivity (Wildman–Crippen MR) is 92.2 cm³/mol. The summed E-state index contributed by atoms with van der Waals surface area (Å²) in [6, 6.07) is 3.20. The van der Waals surface area contributed by atoms with E-state index in [1.807, 2.05) is 0 Å². The minimum Gasteiger partial charge on any atom is -0.478 e. The fraction of sp³-hybridized carbons (Fsp3) is 0.235. The van der Waals surface area contributed by atoms with Crippen LogP contribution < -0.4 is 5.32 Å². The molecule has 2 aromatic rings. The molecular formula is C17H18N4O5. The number of carboxylic acid groups (broad SMARTS) is 1. The number of rotatable bonds is 6. The van der Waals surface area contributed by atoms with Crippen LogP contribution in [-0.4, -0.2) is 44.3 Å². The van der Waals surface area contributed by atoms with Crippen molar-refractivity contribution in [3.63, 3.8) is 0 Å². The van der Waals surface area contributed by atoms with E-state index in [0.717, 1.165) is 12.2 Å². The lowest BCUT2D eigenvalue weighted by Crippen LogP contribution is -2.14. The summed E-state index contributed by atoms with van der Waals surface area (Å²) in [7, 11) is 0. The van der Waals surface area contributed by atoms with Gasteiger partial charge >= 0.3 is 11.9 Å². The monoisotopic (exact) mass is 358 g/mol. The van der Waals surface area contributed by atoms with Crippen molar-refractivity contribution in [3.8, 4) is 5.82 Å².